The van der Waals surface area contributed by atoms with Crippen LogP contribution in [0.5, 0.6) is 0 Å². The Morgan fingerprint density at radius 1 is 1.14 bits per heavy atom. The van der Waals surface area contributed by atoms with Crippen molar-refractivity contribution >= 4 is 0 Å². The summed E-state index contributed by atoms with van der Waals surface area (Å²) in [6.45, 7) is 11.6. The molecule has 0 spiro atoms. The number of allylic oxidation sites excluding steroid dienone is 4. The molecule has 0 bridgehead atoms. The van der Waals surface area contributed by atoms with E-state index in [9.17, 15) is 0 Å². The number of hydrogen-bond acceptors (Lipinski definition) is 0. The average molecular weight is 192 g/mol. The molecule has 0 unspecified atom stereocenters. The van der Waals surface area contributed by atoms with Crippen LogP contribution in [0.4, 0.5) is 0 Å². The van der Waals surface area contributed by atoms with Gasteiger partial charge >= 0.3 is 0 Å². The molecule has 0 heterocycles. The van der Waals surface area contributed by atoms with Crippen LogP contribution in [0, 0.1) is 11.8 Å². The van der Waals surface area contributed by atoms with Crippen molar-refractivity contribution in [3.8, 4) is 0 Å². The van der Waals surface area contributed by atoms with Crippen LogP contribution in [0.1, 0.15) is 53.9 Å². The van der Waals surface area contributed by atoms with Gasteiger partial charge in [0.1, 0.15) is 0 Å². The highest BCUT2D eigenvalue weighted by molar-refractivity contribution is 5.40. The molecule has 0 amide bonds. The van der Waals surface area contributed by atoms with Gasteiger partial charge < -0.3 is 0 Å². The van der Waals surface area contributed by atoms with Crippen molar-refractivity contribution in [2.45, 2.75) is 53.9 Å². The molecule has 0 aliphatic heterocycles. The second kappa shape index (κ2) is 4.82. The van der Waals surface area contributed by atoms with Crippen molar-refractivity contribution < 1.29 is 0 Å². The van der Waals surface area contributed by atoms with Crippen LogP contribution in [0.15, 0.2) is 22.8 Å². The summed E-state index contributed by atoms with van der Waals surface area (Å²) in [5.74, 6) is 1.42. The van der Waals surface area contributed by atoms with Crippen LogP contribution in [-0.2, 0) is 0 Å². The lowest BCUT2D eigenvalue weighted by Gasteiger charge is -2.26. The van der Waals surface area contributed by atoms with Crippen molar-refractivity contribution in [3.63, 3.8) is 0 Å². The molecular formula is C14H24. The van der Waals surface area contributed by atoms with E-state index >= 15 is 0 Å². The van der Waals surface area contributed by atoms with Crippen LogP contribution in [-0.4, -0.2) is 0 Å². The highest BCUT2D eigenvalue weighted by Gasteiger charge is 2.18. The minimum atomic E-state index is 0.694. The SMILES string of the molecule is CCC1=C(C(C)C)CCC=C1C(C)C. The van der Waals surface area contributed by atoms with E-state index in [1.54, 1.807) is 16.7 Å². The van der Waals surface area contributed by atoms with E-state index < -0.39 is 0 Å². The maximum absolute atomic E-state index is 2.45. The second-order valence-corrected chi connectivity index (χ2v) is 4.86. The fourth-order valence-electron chi connectivity index (χ4n) is 2.50. The third-order valence-corrected chi connectivity index (χ3v) is 3.19. The van der Waals surface area contributed by atoms with Gasteiger partial charge in [-0.05, 0) is 42.2 Å². The summed E-state index contributed by atoms with van der Waals surface area (Å²) in [6.07, 6.45) is 6.20. The Bertz CT molecular complexity index is 251. The molecule has 80 valence electrons. The minimum Gasteiger partial charge on any atom is -0.0805 e. The molecule has 0 atom stereocenters. The van der Waals surface area contributed by atoms with Gasteiger partial charge in [-0.3, -0.25) is 0 Å². The second-order valence-electron chi connectivity index (χ2n) is 4.86. The molecule has 0 aromatic rings. The van der Waals surface area contributed by atoms with Gasteiger partial charge in [0.15, 0.2) is 0 Å². The maximum atomic E-state index is 2.45. The van der Waals surface area contributed by atoms with Crippen LogP contribution in [0.25, 0.3) is 0 Å². The summed E-state index contributed by atoms with van der Waals surface area (Å²) in [7, 11) is 0. The Morgan fingerprint density at radius 2 is 1.79 bits per heavy atom. The zero-order chi connectivity index (χ0) is 10.7. The van der Waals surface area contributed by atoms with Gasteiger partial charge in [-0.25, -0.2) is 0 Å². The molecule has 0 heteroatoms. The molecule has 0 saturated carbocycles. The smallest absolute Gasteiger partial charge is 0.0219 e. The predicted octanol–water partition coefficient (Wildman–Crippen LogP) is 4.73. The molecule has 0 aromatic carbocycles. The van der Waals surface area contributed by atoms with Gasteiger partial charge in [-0.15, -0.1) is 0 Å². The van der Waals surface area contributed by atoms with Crippen molar-refractivity contribution in [1.82, 2.24) is 0 Å². The van der Waals surface area contributed by atoms with Gasteiger partial charge in [0, 0.05) is 0 Å². The van der Waals surface area contributed by atoms with Crippen LogP contribution in [0.2, 0.25) is 0 Å². The predicted molar refractivity (Wildman–Crippen MR) is 64.3 cm³/mol. The maximum Gasteiger partial charge on any atom is -0.0219 e. The van der Waals surface area contributed by atoms with Crippen molar-refractivity contribution in [2.75, 3.05) is 0 Å². The molecule has 1 aliphatic rings. The monoisotopic (exact) mass is 192 g/mol. The molecule has 1 rings (SSSR count). The molecular weight excluding hydrogens is 168 g/mol. The van der Waals surface area contributed by atoms with Gasteiger partial charge in [-0.1, -0.05) is 46.3 Å². The average Bonchev–Trinajstić information content (AvgIpc) is 2.16. The molecule has 0 nitrogen and oxygen atoms in total. The first-order valence-corrected chi connectivity index (χ1v) is 6.00. The Kier molecular flexibility index (Phi) is 3.97. The summed E-state index contributed by atoms with van der Waals surface area (Å²) < 4.78 is 0. The first kappa shape index (κ1) is 11.6. The van der Waals surface area contributed by atoms with Crippen molar-refractivity contribution in [3.05, 3.63) is 22.8 Å². The van der Waals surface area contributed by atoms with E-state index in [4.69, 9.17) is 0 Å². The summed E-state index contributed by atoms with van der Waals surface area (Å²) >= 11 is 0. The normalized spacial score (nSPS) is 18.1. The van der Waals surface area contributed by atoms with Crippen LogP contribution < -0.4 is 0 Å². The van der Waals surface area contributed by atoms with E-state index in [1.807, 2.05) is 0 Å². The van der Waals surface area contributed by atoms with Crippen molar-refractivity contribution in [1.29, 1.82) is 0 Å². The Balaban J connectivity index is 3.04. The summed E-state index contributed by atoms with van der Waals surface area (Å²) in [6, 6.07) is 0. The Morgan fingerprint density at radius 3 is 2.21 bits per heavy atom. The van der Waals surface area contributed by atoms with E-state index in [-0.39, 0.29) is 0 Å². The van der Waals surface area contributed by atoms with E-state index in [0.717, 1.165) is 5.92 Å². The minimum absolute atomic E-state index is 0.694. The standard InChI is InChI=1S/C14H24/c1-6-12-13(10(2)3)8-7-9-14(12)11(4)5/h8,10-11H,6-7,9H2,1-5H3. The van der Waals surface area contributed by atoms with E-state index in [1.165, 1.54) is 19.3 Å². The van der Waals surface area contributed by atoms with Gasteiger partial charge in [0.05, 0.1) is 0 Å². The highest BCUT2D eigenvalue weighted by atomic mass is 14.2. The lowest BCUT2D eigenvalue weighted by Crippen LogP contribution is -2.09. The van der Waals surface area contributed by atoms with Crippen LogP contribution >= 0.6 is 0 Å². The molecule has 0 saturated heterocycles. The quantitative estimate of drug-likeness (QED) is 0.606. The summed E-state index contributed by atoms with van der Waals surface area (Å²) in [5.41, 5.74) is 4.97. The largest absolute Gasteiger partial charge is 0.0805 e. The first-order valence-electron chi connectivity index (χ1n) is 6.00. The topological polar surface area (TPSA) is 0 Å². The Labute approximate surface area is 89.1 Å². The highest BCUT2D eigenvalue weighted by Crippen LogP contribution is 2.35. The summed E-state index contributed by atoms with van der Waals surface area (Å²) in [5, 5.41) is 0. The van der Waals surface area contributed by atoms with Gasteiger partial charge in [0.25, 0.3) is 0 Å². The van der Waals surface area contributed by atoms with Crippen LogP contribution in [0.3, 0.4) is 0 Å². The molecule has 14 heavy (non-hydrogen) atoms. The van der Waals surface area contributed by atoms with E-state index in [0.29, 0.717) is 5.92 Å². The Hall–Kier alpha value is -0.520. The summed E-state index contributed by atoms with van der Waals surface area (Å²) in [4.78, 5) is 0. The molecule has 1 aliphatic carbocycles. The fraction of sp³-hybridized carbons (Fsp3) is 0.714. The molecule has 0 N–H and O–H groups in total. The van der Waals surface area contributed by atoms with Gasteiger partial charge in [0.2, 0.25) is 0 Å². The number of hydrogen-bond donors (Lipinski definition) is 0. The fourth-order valence-corrected chi connectivity index (χ4v) is 2.50. The van der Waals surface area contributed by atoms with Crippen molar-refractivity contribution in [2.24, 2.45) is 11.8 Å². The molecule has 0 radical (unpaired) electrons. The zero-order valence-corrected chi connectivity index (χ0v) is 10.4. The molecule has 0 aromatic heterocycles. The third-order valence-electron chi connectivity index (χ3n) is 3.19. The third kappa shape index (κ3) is 2.29. The first-order chi connectivity index (χ1) is 6.57. The lowest BCUT2D eigenvalue weighted by atomic mass is 9.80. The number of rotatable bonds is 3. The van der Waals surface area contributed by atoms with E-state index in [2.05, 4.69) is 40.7 Å². The zero-order valence-electron chi connectivity index (χ0n) is 10.4. The molecule has 0 fully saturated rings. The van der Waals surface area contributed by atoms with Gasteiger partial charge in [-0.2, -0.15) is 0 Å². The lowest BCUT2D eigenvalue weighted by molar-refractivity contribution is 0.657.